The third-order valence-corrected chi connectivity index (χ3v) is 4.95. The maximum atomic E-state index is 12.5. The fourth-order valence-electron chi connectivity index (χ4n) is 3.21. The van der Waals surface area contributed by atoms with E-state index in [1.54, 1.807) is 42.5 Å². The second kappa shape index (κ2) is 7.26. The van der Waals surface area contributed by atoms with Crippen LogP contribution in [0.2, 0.25) is 0 Å². The zero-order valence-electron chi connectivity index (χ0n) is 15.1. The molecule has 2 aliphatic rings. The number of amides is 2. The summed E-state index contributed by atoms with van der Waals surface area (Å²) in [7, 11) is 1.79. The highest BCUT2D eigenvalue weighted by Gasteiger charge is 2.49. The summed E-state index contributed by atoms with van der Waals surface area (Å²) in [6.45, 7) is 0.813. The summed E-state index contributed by atoms with van der Waals surface area (Å²) >= 11 is 0. The molecule has 1 fully saturated rings. The summed E-state index contributed by atoms with van der Waals surface area (Å²) in [4.78, 5) is 30.7. The highest BCUT2D eigenvalue weighted by Crippen LogP contribution is 2.41. The van der Waals surface area contributed by atoms with Gasteiger partial charge in [-0.05, 0) is 42.7 Å². The molecule has 2 unspecified atom stereocenters. The Hall–Kier alpha value is -3.09. The minimum Gasteiger partial charge on any atom is -0.454 e. The lowest BCUT2D eigenvalue weighted by atomic mass is 10.2. The number of anilines is 1. The first kappa shape index (κ1) is 17.3. The number of carbonyl (C=O) groups is 2. The van der Waals surface area contributed by atoms with Crippen molar-refractivity contribution < 1.29 is 19.1 Å². The Labute approximate surface area is 157 Å². The van der Waals surface area contributed by atoms with Crippen LogP contribution in [0, 0.1) is 11.8 Å². The molecule has 0 radical (unpaired) electrons. The first-order valence-corrected chi connectivity index (χ1v) is 8.96. The van der Waals surface area contributed by atoms with E-state index in [9.17, 15) is 9.59 Å². The number of likely N-dealkylation sites (N-methyl/N-ethyl adjacent to an activating group) is 1. The Balaban J connectivity index is 1.28. The number of hydrogen-bond acceptors (Lipinski definition) is 5. The molecular weight excluding hydrogens is 346 g/mol. The fraction of sp³-hybridized carbons (Fsp3) is 0.350. The molecule has 2 heterocycles. The van der Waals surface area contributed by atoms with Crippen molar-refractivity contribution in [2.45, 2.75) is 12.8 Å². The molecule has 2 atom stereocenters. The van der Waals surface area contributed by atoms with E-state index in [4.69, 9.17) is 9.47 Å². The number of rotatable bonds is 6. The van der Waals surface area contributed by atoms with Gasteiger partial charge in [-0.3, -0.25) is 14.6 Å². The molecule has 0 bridgehead atoms. The number of nitrogens with one attached hydrogen (secondary N) is 1. The Bertz CT molecular complexity index is 856. The monoisotopic (exact) mass is 367 g/mol. The van der Waals surface area contributed by atoms with E-state index in [0.29, 0.717) is 30.2 Å². The quantitative estimate of drug-likeness (QED) is 0.846. The summed E-state index contributed by atoms with van der Waals surface area (Å²) in [6.07, 6.45) is 4.85. The van der Waals surface area contributed by atoms with Gasteiger partial charge < -0.3 is 19.7 Å². The lowest BCUT2D eigenvalue weighted by Gasteiger charge is -2.17. The lowest BCUT2D eigenvalue weighted by molar-refractivity contribution is -0.132. The Morgan fingerprint density at radius 3 is 2.74 bits per heavy atom. The number of ether oxygens (including phenoxy) is 2. The molecule has 27 heavy (non-hydrogen) atoms. The third-order valence-electron chi connectivity index (χ3n) is 4.95. The summed E-state index contributed by atoms with van der Waals surface area (Å²) in [6, 6.07) is 9.15. The van der Waals surface area contributed by atoms with Crippen molar-refractivity contribution in [3.63, 3.8) is 0 Å². The van der Waals surface area contributed by atoms with E-state index in [-0.39, 0.29) is 30.4 Å². The summed E-state index contributed by atoms with van der Waals surface area (Å²) < 4.78 is 10.6. The highest BCUT2D eigenvalue weighted by molar-refractivity contribution is 5.99. The number of carbonyl (C=O) groups excluding carboxylic acids is 2. The maximum Gasteiger partial charge on any atom is 0.231 e. The first-order valence-electron chi connectivity index (χ1n) is 8.96. The van der Waals surface area contributed by atoms with Crippen LogP contribution < -0.4 is 14.8 Å². The minimum atomic E-state index is -0.272. The van der Waals surface area contributed by atoms with Gasteiger partial charge in [0, 0.05) is 37.7 Å². The fourth-order valence-corrected chi connectivity index (χ4v) is 3.21. The summed E-state index contributed by atoms with van der Waals surface area (Å²) in [5, 5.41) is 2.86. The van der Waals surface area contributed by atoms with Crippen molar-refractivity contribution in [3.8, 4) is 11.5 Å². The summed E-state index contributed by atoms with van der Waals surface area (Å²) in [5.41, 5.74) is 1.78. The second-order valence-corrected chi connectivity index (χ2v) is 6.87. The van der Waals surface area contributed by atoms with E-state index in [2.05, 4.69) is 10.3 Å². The predicted octanol–water partition coefficient (Wildman–Crippen LogP) is 2.09. The Morgan fingerprint density at radius 1 is 1.15 bits per heavy atom. The van der Waals surface area contributed by atoms with Crippen molar-refractivity contribution in [3.05, 3.63) is 48.3 Å². The molecule has 7 heteroatoms. The normalized spacial score (nSPS) is 19.4. The molecule has 0 spiro atoms. The average Bonchev–Trinajstić information content (AvgIpc) is 3.36. The van der Waals surface area contributed by atoms with Crippen LogP contribution in [-0.4, -0.2) is 42.1 Å². The number of pyridine rings is 1. The van der Waals surface area contributed by atoms with E-state index < -0.39 is 0 Å². The molecule has 140 valence electrons. The first-order chi connectivity index (χ1) is 13.1. The van der Waals surface area contributed by atoms with Crippen LogP contribution in [0.5, 0.6) is 11.5 Å². The second-order valence-electron chi connectivity index (χ2n) is 6.87. The zero-order chi connectivity index (χ0) is 18.8. The Morgan fingerprint density at radius 2 is 1.93 bits per heavy atom. The van der Waals surface area contributed by atoms with Gasteiger partial charge in [0.2, 0.25) is 18.6 Å². The molecule has 1 aromatic heterocycles. The van der Waals surface area contributed by atoms with Crippen LogP contribution in [0.25, 0.3) is 0 Å². The highest BCUT2D eigenvalue weighted by atomic mass is 16.7. The van der Waals surface area contributed by atoms with Crippen LogP contribution in [-0.2, 0) is 16.0 Å². The molecule has 2 amide bonds. The maximum absolute atomic E-state index is 12.5. The Kier molecular flexibility index (Phi) is 4.66. The molecule has 1 aliphatic heterocycles. The molecule has 1 aromatic carbocycles. The number of hydrogen-bond donors (Lipinski definition) is 1. The summed E-state index contributed by atoms with van der Waals surface area (Å²) in [5.74, 6) is 0.674. The van der Waals surface area contributed by atoms with Gasteiger partial charge in [-0.2, -0.15) is 0 Å². The van der Waals surface area contributed by atoms with Gasteiger partial charge >= 0.3 is 0 Å². The van der Waals surface area contributed by atoms with Crippen molar-refractivity contribution in [1.82, 2.24) is 9.88 Å². The van der Waals surface area contributed by atoms with Gasteiger partial charge in [0.05, 0.1) is 11.8 Å². The zero-order valence-corrected chi connectivity index (χ0v) is 15.1. The third kappa shape index (κ3) is 3.86. The molecule has 1 aliphatic carbocycles. The van der Waals surface area contributed by atoms with Crippen molar-refractivity contribution in [2.75, 3.05) is 25.7 Å². The van der Waals surface area contributed by atoms with Crippen molar-refractivity contribution >= 4 is 17.5 Å². The van der Waals surface area contributed by atoms with Gasteiger partial charge in [0.15, 0.2) is 11.5 Å². The van der Waals surface area contributed by atoms with Crippen molar-refractivity contribution in [1.29, 1.82) is 0 Å². The van der Waals surface area contributed by atoms with E-state index in [1.165, 1.54) is 0 Å². The predicted molar refractivity (Wildman–Crippen MR) is 98.4 cm³/mol. The van der Waals surface area contributed by atoms with Gasteiger partial charge in [-0.25, -0.2) is 0 Å². The van der Waals surface area contributed by atoms with E-state index in [0.717, 1.165) is 12.0 Å². The minimum absolute atomic E-state index is 0.0230. The number of aromatic nitrogens is 1. The van der Waals surface area contributed by atoms with Crippen LogP contribution in [0.3, 0.4) is 0 Å². The largest absolute Gasteiger partial charge is 0.454 e. The van der Waals surface area contributed by atoms with Gasteiger partial charge in [-0.1, -0.05) is 0 Å². The molecule has 0 saturated heterocycles. The molecule has 2 aromatic rings. The van der Waals surface area contributed by atoms with Crippen LogP contribution in [0.15, 0.2) is 42.7 Å². The van der Waals surface area contributed by atoms with Crippen LogP contribution >= 0.6 is 0 Å². The molecule has 7 nitrogen and oxygen atoms in total. The van der Waals surface area contributed by atoms with Gasteiger partial charge in [0.25, 0.3) is 0 Å². The van der Waals surface area contributed by atoms with Gasteiger partial charge in [-0.15, -0.1) is 0 Å². The van der Waals surface area contributed by atoms with Crippen molar-refractivity contribution in [2.24, 2.45) is 11.8 Å². The molecule has 1 N–H and O–H groups in total. The number of nitrogens with zero attached hydrogens (tertiary/aromatic N) is 2. The lowest BCUT2D eigenvalue weighted by Crippen LogP contribution is -2.31. The molecule has 1 saturated carbocycles. The topological polar surface area (TPSA) is 80.8 Å². The molecule has 4 rings (SSSR count). The van der Waals surface area contributed by atoms with E-state index in [1.807, 2.05) is 12.1 Å². The average molecular weight is 367 g/mol. The number of fused-ring (bicyclic) bond motifs is 1. The van der Waals surface area contributed by atoms with Crippen LogP contribution in [0.4, 0.5) is 5.69 Å². The van der Waals surface area contributed by atoms with Gasteiger partial charge in [0.1, 0.15) is 0 Å². The molecular formula is C20H21N3O4. The number of benzene rings is 1. The smallest absolute Gasteiger partial charge is 0.231 e. The standard InChI is InChI=1S/C20H21N3O4/c1-23(9-6-13-4-7-21-8-5-13)20(25)16-11-15(16)19(24)22-14-2-3-17-18(10-14)27-12-26-17/h2-5,7-8,10,15-16H,6,9,11-12H2,1H3,(H,22,24). The SMILES string of the molecule is CN(CCc1ccncc1)C(=O)C1CC1C(=O)Nc1ccc2c(c1)OCO2. The van der Waals surface area contributed by atoms with Crippen LogP contribution in [0.1, 0.15) is 12.0 Å². The van der Waals surface area contributed by atoms with E-state index >= 15 is 0 Å².